The summed E-state index contributed by atoms with van der Waals surface area (Å²) in [4.78, 5) is 33.0. The maximum absolute atomic E-state index is 11.3. The molecule has 0 aliphatic heterocycles. The Hall–Kier alpha value is -1.79. The molecule has 1 unspecified atom stereocenters. The largest absolute Gasteiger partial charge is 0.480 e. The zero-order valence-corrected chi connectivity index (χ0v) is 9.66. The van der Waals surface area contributed by atoms with Crippen LogP contribution in [0.25, 0.3) is 0 Å². The molecule has 0 bridgehead atoms. The van der Waals surface area contributed by atoms with E-state index in [-0.39, 0.29) is 0 Å². The number of amides is 2. The van der Waals surface area contributed by atoms with Gasteiger partial charge < -0.3 is 20.5 Å². The van der Waals surface area contributed by atoms with Crippen molar-refractivity contribution in [2.45, 2.75) is 32.4 Å². The van der Waals surface area contributed by atoms with Gasteiger partial charge in [-0.05, 0) is 20.8 Å². The predicted octanol–water partition coefficient (Wildman–Crippen LogP) is -0.290. The third-order valence-corrected chi connectivity index (χ3v) is 1.86. The van der Waals surface area contributed by atoms with Crippen LogP contribution in [0.3, 0.4) is 0 Å². The molecule has 0 fully saturated rings. The number of ether oxygens (including phenoxy) is 1. The van der Waals surface area contributed by atoms with Crippen LogP contribution >= 0.6 is 0 Å². The van der Waals surface area contributed by atoms with E-state index in [1.165, 1.54) is 27.9 Å². The van der Waals surface area contributed by atoms with Crippen molar-refractivity contribution in [1.29, 1.82) is 0 Å². The molecule has 0 spiro atoms. The Balaban J connectivity index is 4.29. The molecule has 0 aromatic rings. The van der Waals surface area contributed by atoms with Crippen molar-refractivity contribution >= 4 is 18.0 Å². The Labute approximate surface area is 93.2 Å². The molecule has 0 aliphatic rings. The van der Waals surface area contributed by atoms with E-state index in [0.717, 1.165) is 0 Å². The van der Waals surface area contributed by atoms with Crippen molar-refractivity contribution < 1.29 is 24.2 Å². The minimum absolute atomic E-state index is 0.608. The van der Waals surface area contributed by atoms with Gasteiger partial charge in [0.05, 0.1) is 7.11 Å². The summed E-state index contributed by atoms with van der Waals surface area (Å²) in [6, 6.07) is -1.58. The molecule has 92 valence electrons. The van der Waals surface area contributed by atoms with E-state index in [2.05, 4.69) is 15.4 Å². The maximum Gasteiger partial charge on any atom is 0.328 e. The standard InChI is InChI=1S/C9H16N2O5/c1-5(6(12)16-4)10-8(15)11-9(2,3)7(13)14/h5H,1-4H3,(H,13,14)(H2,10,11,15). The molecule has 0 saturated carbocycles. The van der Waals surface area contributed by atoms with Crippen LogP contribution < -0.4 is 10.6 Å². The SMILES string of the molecule is COC(=O)C(C)NC(=O)NC(C)(C)C(=O)O. The number of rotatable bonds is 4. The minimum atomic E-state index is -1.40. The van der Waals surface area contributed by atoms with Crippen molar-refractivity contribution in [3.63, 3.8) is 0 Å². The number of carboxylic acids is 1. The summed E-state index contributed by atoms with van der Waals surface area (Å²) in [5.74, 6) is -1.78. The van der Waals surface area contributed by atoms with Gasteiger partial charge in [-0.15, -0.1) is 0 Å². The quantitative estimate of drug-likeness (QED) is 0.578. The summed E-state index contributed by atoms with van der Waals surface area (Å²) in [5.41, 5.74) is -1.40. The summed E-state index contributed by atoms with van der Waals surface area (Å²) in [6.07, 6.45) is 0. The average Bonchev–Trinajstić information content (AvgIpc) is 2.14. The van der Waals surface area contributed by atoms with Crippen LogP contribution in [0.15, 0.2) is 0 Å². The second-order valence-electron chi connectivity index (χ2n) is 3.77. The van der Waals surface area contributed by atoms with Gasteiger partial charge in [0.15, 0.2) is 0 Å². The first kappa shape index (κ1) is 14.2. The van der Waals surface area contributed by atoms with Crippen LogP contribution in [-0.4, -0.2) is 41.8 Å². The highest BCUT2D eigenvalue weighted by Crippen LogP contribution is 2.01. The molecule has 0 saturated heterocycles. The molecule has 1 atom stereocenters. The number of urea groups is 1. The van der Waals surface area contributed by atoms with Crippen molar-refractivity contribution in [3.05, 3.63) is 0 Å². The van der Waals surface area contributed by atoms with Crippen LogP contribution in [0.2, 0.25) is 0 Å². The van der Waals surface area contributed by atoms with Crippen molar-refractivity contribution in [3.8, 4) is 0 Å². The zero-order chi connectivity index (χ0) is 12.9. The molecular formula is C9H16N2O5. The maximum atomic E-state index is 11.3. The molecule has 0 aliphatic carbocycles. The highest BCUT2D eigenvalue weighted by molar-refractivity contribution is 5.88. The van der Waals surface area contributed by atoms with Crippen LogP contribution in [0.4, 0.5) is 4.79 Å². The lowest BCUT2D eigenvalue weighted by Crippen LogP contribution is -2.55. The summed E-state index contributed by atoms with van der Waals surface area (Å²) >= 11 is 0. The molecule has 0 rings (SSSR count). The van der Waals surface area contributed by atoms with Crippen LogP contribution in [-0.2, 0) is 14.3 Å². The average molecular weight is 232 g/mol. The normalized spacial score (nSPS) is 12.5. The molecule has 0 radical (unpaired) electrons. The molecule has 16 heavy (non-hydrogen) atoms. The highest BCUT2D eigenvalue weighted by atomic mass is 16.5. The Morgan fingerprint density at radius 1 is 1.31 bits per heavy atom. The van der Waals surface area contributed by atoms with Crippen LogP contribution in [0.1, 0.15) is 20.8 Å². The topological polar surface area (TPSA) is 105 Å². The molecule has 2 amide bonds. The highest BCUT2D eigenvalue weighted by Gasteiger charge is 2.29. The smallest absolute Gasteiger partial charge is 0.328 e. The van der Waals surface area contributed by atoms with Gasteiger partial charge in [-0.2, -0.15) is 0 Å². The Kier molecular flexibility index (Phi) is 4.74. The summed E-state index contributed by atoms with van der Waals surface area (Å²) in [6.45, 7) is 4.09. The Morgan fingerprint density at radius 3 is 2.19 bits per heavy atom. The predicted molar refractivity (Wildman–Crippen MR) is 54.9 cm³/mol. The van der Waals surface area contributed by atoms with Gasteiger partial charge in [-0.1, -0.05) is 0 Å². The van der Waals surface area contributed by atoms with E-state index in [1.54, 1.807) is 0 Å². The fourth-order valence-corrected chi connectivity index (χ4v) is 0.806. The van der Waals surface area contributed by atoms with E-state index < -0.39 is 29.6 Å². The summed E-state index contributed by atoms with van der Waals surface area (Å²) in [7, 11) is 1.19. The van der Waals surface area contributed by atoms with Gasteiger partial charge in [0.25, 0.3) is 0 Å². The van der Waals surface area contributed by atoms with Crippen LogP contribution in [0, 0.1) is 0 Å². The minimum Gasteiger partial charge on any atom is -0.480 e. The van der Waals surface area contributed by atoms with Crippen molar-refractivity contribution in [1.82, 2.24) is 10.6 Å². The van der Waals surface area contributed by atoms with E-state index in [4.69, 9.17) is 5.11 Å². The monoisotopic (exact) mass is 232 g/mol. The Morgan fingerprint density at radius 2 is 1.81 bits per heavy atom. The van der Waals surface area contributed by atoms with Gasteiger partial charge in [-0.25, -0.2) is 14.4 Å². The second kappa shape index (κ2) is 5.34. The third kappa shape index (κ3) is 4.16. The molecule has 0 aromatic carbocycles. The van der Waals surface area contributed by atoms with Gasteiger partial charge in [0, 0.05) is 0 Å². The lowest BCUT2D eigenvalue weighted by molar-refractivity contribution is -0.143. The number of hydrogen-bond acceptors (Lipinski definition) is 4. The number of nitrogens with one attached hydrogen (secondary N) is 2. The molecule has 0 aromatic heterocycles. The fraction of sp³-hybridized carbons (Fsp3) is 0.667. The summed E-state index contributed by atoms with van der Waals surface area (Å²) < 4.78 is 4.39. The fourth-order valence-electron chi connectivity index (χ4n) is 0.806. The summed E-state index contributed by atoms with van der Waals surface area (Å²) in [5, 5.41) is 13.2. The number of carbonyl (C=O) groups is 3. The first-order valence-electron chi connectivity index (χ1n) is 4.60. The number of methoxy groups -OCH3 is 1. The molecule has 7 nitrogen and oxygen atoms in total. The van der Waals surface area contributed by atoms with E-state index in [1.807, 2.05) is 0 Å². The number of carbonyl (C=O) groups excluding carboxylic acids is 2. The van der Waals surface area contributed by atoms with Crippen molar-refractivity contribution in [2.24, 2.45) is 0 Å². The second-order valence-corrected chi connectivity index (χ2v) is 3.77. The lowest BCUT2D eigenvalue weighted by atomic mass is 10.1. The van der Waals surface area contributed by atoms with E-state index >= 15 is 0 Å². The van der Waals surface area contributed by atoms with Crippen molar-refractivity contribution in [2.75, 3.05) is 7.11 Å². The first-order chi connectivity index (χ1) is 7.20. The van der Waals surface area contributed by atoms with Crippen LogP contribution in [0.5, 0.6) is 0 Å². The third-order valence-electron chi connectivity index (χ3n) is 1.86. The first-order valence-corrected chi connectivity index (χ1v) is 4.60. The van der Waals surface area contributed by atoms with Gasteiger partial charge in [0.1, 0.15) is 11.6 Å². The lowest BCUT2D eigenvalue weighted by Gasteiger charge is -2.22. The van der Waals surface area contributed by atoms with Gasteiger partial charge in [-0.3, -0.25) is 0 Å². The molecule has 3 N–H and O–H groups in total. The molecule has 0 heterocycles. The number of esters is 1. The molecule has 7 heteroatoms. The zero-order valence-electron chi connectivity index (χ0n) is 9.66. The number of carboxylic acid groups (broad SMARTS) is 1. The van der Waals surface area contributed by atoms with E-state index in [9.17, 15) is 14.4 Å². The van der Waals surface area contributed by atoms with E-state index in [0.29, 0.717) is 0 Å². The Bertz CT molecular complexity index is 300. The number of hydrogen-bond donors (Lipinski definition) is 3. The molecular weight excluding hydrogens is 216 g/mol. The van der Waals surface area contributed by atoms with Gasteiger partial charge in [0.2, 0.25) is 0 Å². The van der Waals surface area contributed by atoms with Gasteiger partial charge >= 0.3 is 18.0 Å². The number of aliphatic carboxylic acids is 1.